The van der Waals surface area contributed by atoms with Crippen LogP contribution >= 0.6 is 0 Å². The first kappa shape index (κ1) is 20.4. The minimum Gasteiger partial charge on any atom is -0.317 e. The zero-order chi connectivity index (χ0) is 16.5. The first-order valence-corrected chi connectivity index (χ1v) is 6.62. The highest BCUT2D eigenvalue weighted by atomic mass is 19.3. The smallest absolute Gasteiger partial charge is 0.307 e. The number of alkyl halides is 8. The van der Waals surface area contributed by atoms with Crippen molar-refractivity contribution in [3.8, 4) is 0 Å². The quantitative estimate of drug-likeness (QED) is 0.404. The van der Waals surface area contributed by atoms with Crippen LogP contribution in [0.3, 0.4) is 0 Å². The minimum atomic E-state index is -3.99. The second kappa shape index (κ2) is 9.42. The molecule has 0 amide bonds. The van der Waals surface area contributed by atoms with Crippen LogP contribution in [0.25, 0.3) is 0 Å². The number of hydrogen-bond donors (Lipinski definition) is 1. The molecule has 0 aromatic heterocycles. The van der Waals surface area contributed by atoms with E-state index in [9.17, 15) is 35.1 Å². The molecule has 0 fully saturated rings. The van der Waals surface area contributed by atoms with E-state index >= 15 is 0 Å². The molecule has 0 aliphatic heterocycles. The molecule has 0 rings (SSSR count). The van der Waals surface area contributed by atoms with Crippen LogP contribution < -0.4 is 5.32 Å². The molecule has 0 aliphatic carbocycles. The maximum atomic E-state index is 12.5. The lowest BCUT2D eigenvalue weighted by Gasteiger charge is -2.15. The molecule has 0 bridgehead atoms. The van der Waals surface area contributed by atoms with Crippen LogP contribution in [0.5, 0.6) is 0 Å². The van der Waals surface area contributed by atoms with Crippen molar-refractivity contribution in [3.05, 3.63) is 0 Å². The van der Waals surface area contributed by atoms with E-state index in [1.807, 2.05) is 0 Å². The molecule has 0 aromatic carbocycles. The third kappa shape index (κ3) is 9.10. The van der Waals surface area contributed by atoms with Crippen molar-refractivity contribution in [2.45, 2.75) is 63.2 Å². The number of nitrogens with one attached hydrogen (secondary N) is 1. The molecule has 0 spiro atoms. The zero-order valence-electron chi connectivity index (χ0n) is 11.3. The van der Waals surface area contributed by atoms with Gasteiger partial charge in [0, 0.05) is 12.8 Å². The highest BCUT2D eigenvalue weighted by molar-refractivity contribution is 4.70. The highest BCUT2D eigenvalue weighted by Crippen LogP contribution is 2.29. The third-order valence-electron chi connectivity index (χ3n) is 2.87. The maximum absolute atomic E-state index is 12.5. The van der Waals surface area contributed by atoms with Crippen LogP contribution in [0.2, 0.25) is 0 Å². The lowest BCUT2D eigenvalue weighted by molar-refractivity contribution is -0.133. The van der Waals surface area contributed by atoms with Crippen molar-refractivity contribution >= 4 is 0 Å². The van der Waals surface area contributed by atoms with Crippen LogP contribution in [0.1, 0.15) is 38.5 Å². The molecule has 0 aromatic rings. The topological polar surface area (TPSA) is 12.0 Å². The Labute approximate surface area is 118 Å². The average Bonchev–Trinajstić information content (AvgIpc) is 2.36. The summed E-state index contributed by atoms with van der Waals surface area (Å²) >= 11 is 0. The van der Waals surface area contributed by atoms with E-state index in [2.05, 4.69) is 5.32 Å². The second-order valence-electron chi connectivity index (χ2n) is 4.79. The second-order valence-corrected chi connectivity index (χ2v) is 4.79. The lowest BCUT2D eigenvalue weighted by Crippen LogP contribution is -2.27. The van der Waals surface area contributed by atoms with Crippen LogP contribution in [0, 0.1) is 0 Å². The van der Waals surface area contributed by atoms with E-state index in [4.69, 9.17) is 0 Å². The molecule has 0 unspecified atom stereocenters. The molecular formula is C12H19F8N. The van der Waals surface area contributed by atoms with E-state index in [0.29, 0.717) is 0 Å². The van der Waals surface area contributed by atoms with Crippen LogP contribution in [0.15, 0.2) is 0 Å². The van der Waals surface area contributed by atoms with E-state index in [0.717, 1.165) is 0 Å². The predicted octanol–water partition coefficient (Wildman–Crippen LogP) is 4.72. The van der Waals surface area contributed by atoms with E-state index in [1.54, 1.807) is 0 Å². The molecule has 1 N–H and O–H groups in total. The Balaban J connectivity index is 3.46. The highest BCUT2D eigenvalue weighted by Gasteiger charge is 2.40. The Morgan fingerprint density at radius 3 is 1.24 bits per heavy atom. The molecule has 1 nitrogen and oxygen atoms in total. The van der Waals surface area contributed by atoms with Gasteiger partial charge in [-0.3, -0.25) is 0 Å². The molecular weight excluding hydrogens is 310 g/mol. The average molecular weight is 329 g/mol. The van der Waals surface area contributed by atoms with Gasteiger partial charge >= 0.3 is 24.7 Å². The molecule has 0 atom stereocenters. The summed E-state index contributed by atoms with van der Waals surface area (Å²) in [7, 11) is 0. The first-order valence-electron chi connectivity index (χ1n) is 6.62. The standard InChI is InChI=1S/C12H19F8N/c13-9(14)11(17,18)5-1-3-7-21-8-4-2-6-12(19,20)10(15)16/h9-10,21H,1-8H2. The zero-order valence-corrected chi connectivity index (χ0v) is 11.3. The van der Waals surface area contributed by atoms with Gasteiger partial charge in [-0.1, -0.05) is 0 Å². The largest absolute Gasteiger partial charge is 0.317 e. The number of unbranched alkanes of at least 4 members (excludes halogenated alkanes) is 2. The van der Waals surface area contributed by atoms with Gasteiger partial charge in [0.05, 0.1) is 0 Å². The van der Waals surface area contributed by atoms with Gasteiger partial charge < -0.3 is 5.32 Å². The fourth-order valence-corrected chi connectivity index (χ4v) is 1.56. The van der Waals surface area contributed by atoms with Crippen LogP contribution in [-0.4, -0.2) is 37.8 Å². The summed E-state index contributed by atoms with van der Waals surface area (Å²) in [6, 6.07) is 0. The molecule has 0 saturated heterocycles. The maximum Gasteiger partial charge on any atom is 0.307 e. The van der Waals surface area contributed by atoms with Gasteiger partial charge in [0.25, 0.3) is 0 Å². The Bertz CT molecular complexity index is 244. The van der Waals surface area contributed by atoms with Gasteiger partial charge in [-0.05, 0) is 38.8 Å². The van der Waals surface area contributed by atoms with E-state index < -0.39 is 37.5 Å². The Hall–Kier alpha value is -0.600. The Morgan fingerprint density at radius 2 is 0.952 bits per heavy atom. The van der Waals surface area contributed by atoms with Gasteiger partial charge in [0.15, 0.2) is 0 Å². The summed E-state index contributed by atoms with van der Waals surface area (Å²) in [6.45, 7) is 0.565. The summed E-state index contributed by atoms with van der Waals surface area (Å²) in [5.74, 6) is -7.97. The summed E-state index contributed by atoms with van der Waals surface area (Å²) < 4.78 is 97.2. The fourth-order valence-electron chi connectivity index (χ4n) is 1.56. The van der Waals surface area contributed by atoms with Crippen molar-refractivity contribution in [1.29, 1.82) is 0 Å². The van der Waals surface area contributed by atoms with E-state index in [-0.39, 0.29) is 38.8 Å². The normalized spacial score (nSPS) is 13.4. The third-order valence-corrected chi connectivity index (χ3v) is 2.87. The monoisotopic (exact) mass is 329 g/mol. The van der Waals surface area contributed by atoms with Crippen molar-refractivity contribution in [2.75, 3.05) is 13.1 Å². The molecule has 0 saturated carbocycles. The Morgan fingerprint density at radius 1 is 0.619 bits per heavy atom. The van der Waals surface area contributed by atoms with Gasteiger partial charge in [-0.25, -0.2) is 35.1 Å². The van der Waals surface area contributed by atoms with Crippen molar-refractivity contribution < 1.29 is 35.1 Å². The summed E-state index contributed by atoms with van der Waals surface area (Å²) in [5, 5.41) is 2.75. The SMILES string of the molecule is FC(F)C(F)(F)CCCCNCCCCC(F)(F)C(F)F. The lowest BCUT2D eigenvalue weighted by atomic mass is 10.1. The number of hydrogen-bond acceptors (Lipinski definition) is 1. The molecule has 0 heterocycles. The van der Waals surface area contributed by atoms with Crippen molar-refractivity contribution in [2.24, 2.45) is 0 Å². The molecule has 0 radical (unpaired) electrons. The van der Waals surface area contributed by atoms with Crippen LogP contribution in [0.4, 0.5) is 35.1 Å². The van der Waals surface area contributed by atoms with Crippen molar-refractivity contribution in [1.82, 2.24) is 5.32 Å². The van der Waals surface area contributed by atoms with E-state index in [1.165, 1.54) is 0 Å². The molecule has 0 aliphatic rings. The van der Waals surface area contributed by atoms with Crippen LogP contribution in [-0.2, 0) is 0 Å². The number of halogens is 8. The first-order chi connectivity index (χ1) is 9.59. The molecule has 9 heteroatoms. The summed E-state index contributed by atoms with van der Waals surface area (Å²) in [5.41, 5.74) is 0. The molecule has 128 valence electrons. The Kier molecular flexibility index (Phi) is 9.15. The minimum absolute atomic E-state index is 0.0895. The van der Waals surface area contributed by atoms with Gasteiger partial charge in [0.1, 0.15) is 0 Å². The van der Waals surface area contributed by atoms with Crippen molar-refractivity contribution in [3.63, 3.8) is 0 Å². The van der Waals surface area contributed by atoms with Gasteiger partial charge in [0.2, 0.25) is 0 Å². The summed E-state index contributed by atoms with van der Waals surface area (Å²) in [6.07, 6.45) is -8.86. The fraction of sp³-hybridized carbons (Fsp3) is 1.00. The predicted molar refractivity (Wildman–Crippen MR) is 62.5 cm³/mol. The summed E-state index contributed by atoms with van der Waals surface area (Å²) in [4.78, 5) is 0. The van der Waals surface area contributed by atoms with Gasteiger partial charge in [-0.15, -0.1) is 0 Å². The number of rotatable bonds is 12. The molecule has 21 heavy (non-hydrogen) atoms. The van der Waals surface area contributed by atoms with Gasteiger partial charge in [-0.2, -0.15) is 0 Å².